The zero-order chi connectivity index (χ0) is 19.5. The SMILES string of the molecule is COCNC(=O)c1nn(C(C)(C)C)c(NC(=O)c2ccccc2Cl)c1C. The van der Waals surface area contributed by atoms with Crippen molar-refractivity contribution >= 4 is 29.2 Å². The van der Waals surface area contributed by atoms with Gasteiger partial charge in [-0.25, -0.2) is 4.68 Å². The Morgan fingerprint density at radius 1 is 1.23 bits per heavy atom. The average molecular weight is 379 g/mol. The van der Waals surface area contributed by atoms with Gasteiger partial charge in [-0.2, -0.15) is 5.10 Å². The number of hydrogen-bond donors (Lipinski definition) is 2. The second kappa shape index (κ2) is 7.88. The summed E-state index contributed by atoms with van der Waals surface area (Å²) in [5, 5.41) is 10.2. The molecule has 1 aromatic heterocycles. The second-order valence-electron chi connectivity index (χ2n) is 6.78. The number of nitrogens with zero attached hydrogens (tertiary/aromatic N) is 2. The first kappa shape index (κ1) is 19.9. The van der Waals surface area contributed by atoms with E-state index in [9.17, 15) is 9.59 Å². The number of methoxy groups -OCH3 is 1. The van der Waals surface area contributed by atoms with E-state index >= 15 is 0 Å². The van der Waals surface area contributed by atoms with Crippen LogP contribution in [0.2, 0.25) is 5.02 Å². The normalized spacial score (nSPS) is 11.3. The standard InChI is InChI=1S/C18H23ClN4O3/c1-11-14(17(25)20-10-26-5)22-23(18(2,3)4)15(11)21-16(24)12-8-6-7-9-13(12)19/h6-9H,10H2,1-5H3,(H,20,25)(H,21,24). The molecule has 2 N–H and O–H groups in total. The Balaban J connectivity index is 2.43. The van der Waals surface area contributed by atoms with Crippen LogP contribution < -0.4 is 10.6 Å². The van der Waals surface area contributed by atoms with Crippen molar-refractivity contribution < 1.29 is 14.3 Å². The maximum atomic E-state index is 12.7. The van der Waals surface area contributed by atoms with Gasteiger partial charge in [0.25, 0.3) is 11.8 Å². The largest absolute Gasteiger partial charge is 0.364 e. The molecule has 0 unspecified atom stereocenters. The molecule has 26 heavy (non-hydrogen) atoms. The average Bonchev–Trinajstić information content (AvgIpc) is 2.90. The highest BCUT2D eigenvalue weighted by Gasteiger charge is 2.27. The monoisotopic (exact) mass is 378 g/mol. The summed E-state index contributed by atoms with van der Waals surface area (Å²) in [6.07, 6.45) is 0. The number of aromatic nitrogens is 2. The molecule has 2 amide bonds. The fourth-order valence-electron chi connectivity index (χ4n) is 2.39. The third kappa shape index (κ3) is 4.23. The van der Waals surface area contributed by atoms with Gasteiger partial charge in [-0.05, 0) is 39.8 Å². The molecule has 0 radical (unpaired) electrons. The fourth-order valence-corrected chi connectivity index (χ4v) is 2.61. The van der Waals surface area contributed by atoms with Gasteiger partial charge in [-0.1, -0.05) is 23.7 Å². The van der Waals surface area contributed by atoms with Crippen LogP contribution >= 0.6 is 11.6 Å². The number of rotatable bonds is 5. The Kier molecular flexibility index (Phi) is 6.05. The third-order valence-corrected chi connectivity index (χ3v) is 4.03. The summed E-state index contributed by atoms with van der Waals surface area (Å²) in [4.78, 5) is 25.0. The van der Waals surface area contributed by atoms with Gasteiger partial charge in [0.2, 0.25) is 0 Å². The maximum absolute atomic E-state index is 12.7. The second-order valence-corrected chi connectivity index (χ2v) is 7.18. The van der Waals surface area contributed by atoms with Gasteiger partial charge in [0, 0.05) is 12.7 Å². The lowest BCUT2D eigenvalue weighted by Crippen LogP contribution is -2.28. The Hall–Kier alpha value is -2.38. The van der Waals surface area contributed by atoms with E-state index in [2.05, 4.69) is 15.7 Å². The molecule has 0 bridgehead atoms. The molecule has 0 aliphatic carbocycles. The van der Waals surface area contributed by atoms with Crippen molar-refractivity contribution in [3.63, 3.8) is 0 Å². The lowest BCUT2D eigenvalue weighted by atomic mass is 10.1. The van der Waals surface area contributed by atoms with Crippen molar-refractivity contribution in [2.24, 2.45) is 0 Å². The van der Waals surface area contributed by atoms with Crippen LogP contribution in [0.1, 0.15) is 47.2 Å². The van der Waals surface area contributed by atoms with Gasteiger partial charge >= 0.3 is 0 Å². The Bertz CT molecular complexity index is 824. The molecule has 1 heterocycles. The zero-order valence-electron chi connectivity index (χ0n) is 15.5. The van der Waals surface area contributed by atoms with Crippen molar-refractivity contribution in [1.82, 2.24) is 15.1 Å². The number of benzene rings is 1. The third-order valence-electron chi connectivity index (χ3n) is 3.70. The first-order valence-corrected chi connectivity index (χ1v) is 8.47. The molecule has 7 nitrogen and oxygen atoms in total. The molecule has 0 saturated heterocycles. The summed E-state index contributed by atoms with van der Waals surface area (Å²) in [5.41, 5.74) is 0.689. The highest BCUT2D eigenvalue weighted by Crippen LogP contribution is 2.27. The number of hydrogen-bond acceptors (Lipinski definition) is 4. The van der Waals surface area contributed by atoms with E-state index in [-0.39, 0.29) is 24.2 Å². The maximum Gasteiger partial charge on any atom is 0.273 e. The molecule has 140 valence electrons. The minimum Gasteiger partial charge on any atom is -0.364 e. The van der Waals surface area contributed by atoms with Crippen LogP contribution in [0.4, 0.5) is 5.82 Å². The number of nitrogens with one attached hydrogen (secondary N) is 2. The molecule has 0 aliphatic heterocycles. The molecule has 0 spiro atoms. The summed E-state index contributed by atoms with van der Waals surface area (Å²) in [7, 11) is 1.48. The van der Waals surface area contributed by atoms with Crippen LogP contribution in [0.3, 0.4) is 0 Å². The minimum absolute atomic E-state index is 0.0714. The van der Waals surface area contributed by atoms with E-state index in [4.69, 9.17) is 16.3 Å². The fraction of sp³-hybridized carbons (Fsp3) is 0.389. The Morgan fingerprint density at radius 2 is 1.88 bits per heavy atom. The molecule has 0 fully saturated rings. The van der Waals surface area contributed by atoms with Crippen molar-refractivity contribution in [2.45, 2.75) is 33.2 Å². The van der Waals surface area contributed by atoms with Gasteiger partial charge in [0.05, 0.1) is 16.1 Å². The predicted molar refractivity (Wildman–Crippen MR) is 101 cm³/mol. The lowest BCUT2D eigenvalue weighted by Gasteiger charge is -2.22. The molecule has 0 saturated carbocycles. The Labute approximate surface area is 157 Å². The van der Waals surface area contributed by atoms with E-state index in [0.717, 1.165) is 0 Å². The van der Waals surface area contributed by atoms with Crippen LogP contribution in [0.15, 0.2) is 24.3 Å². The zero-order valence-corrected chi connectivity index (χ0v) is 16.3. The lowest BCUT2D eigenvalue weighted by molar-refractivity contribution is 0.0864. The summed E-state index contributed by atoms with van der Waals surface area (Å²) in [5.74, 6) is -0.293. The number of carbonyl (C=O) groups excluding carboxylic acids is 2. The van der Waals surface area contributed by atoms with Crippen LogP contribution in [0.25, 0.3) is 0 Å². The number of amides is 2. The van der Waals surface area contributed by atoms with Crippen LogP contribution in [0.5, 0.6) is 0 Å². The van der Waals surface area contributed by atoms with E-state index in [1.807, 2.05) is 20.8 Å². The van der Waals surface area contributed by atoms with Crippen LogP contribution in [-0.2, 0) is 10.3 Å². The molecule has 8 heteroatoms. The predicted octanol–water partition coefficient (Wildman–Crippen LogP) is 3.19. The quantitative estimate of drug-likeness (QED) is 0.782. The summed E-state index contributed by atoms with van der Waals surface area (Å²) in [6, 6.07) is 6.77. The van der Waals surface area contributed by atoms with Crippen molar-refractivity contribution in [3.05, 3.63) is 46.1 Å². The molecule has 0 atom stereocenters. The van der Waals surface area contributed by atoms with Gasteiger partial charge in [0.1, 0.15) is 12.5 Å². The Morgan fingerprint density at radius 3 is 2.46 bits per heavy atom. The van der Waals surface area contributed by atoms with Crippen LogP contribution in [-0.4, -0.2) is 35.4 Å². The van der Waals surface area contributed by atoms with Gasteiger partial charge in [0.15, 0.2) is 5.69 Å². The highest BCUT2D eigenvalue weighted by atomic mass is 35.5. The van der Waals surface area contributed by atoms with Gasteiger partial charge < -0.3 is 15.4 Å². The summed E-state index contributed by atoms with van der Waals surface area (Å²) >= 11 is 6.11. The van der Waals surface area contributed by atoms with Crippen LogP contribution in [0, 0.1) is 6.92 Å². The molecular weight excluding hydrogens is 356 g/mol. The molecule has 1 aromatic carbocycles. The van der Waals surface area contributed by atoms with E-state index in [1.54, 1.807) is 35.9 Å². The van der Waals surface area contributed by atoms with E-state index < -0.39 is 5.54 Å². The smallest absolute Gasteiger partial charge is 0.273 e. The van der Waals surface area contributed by atoms with Gasteiger partial charge in [-0.15, -0.1) is 0 Å². The molecule has 2 rings (SSSR count). The molecule has 2 aromatic rings. The summed E-state index contributed by atoms with van der Waals surface area (Å²) < 4.78 is 6.49. The first-order valence-electron chi connectivity index (χ1n) is 8.10. The van der Waals surface area contributed by atoms with Crippen molar-refractivity contribution in [1.29, 1.82) is 0 Å². The summed E-state index contributed by atoms with van der Waals surface area (Å²) in [6.45, 7) is 7.60. The number of halogens is 1. The molecule has 0 aliphatic rings. The number of ether oxygens (including phenoxy) is 1. The molecular formula is C18H23ClN4O3. The topological polar surface area (TPSA) is 85.2 Å². The number of carbonyl (C=O) groups is 2. The first-order chi connectivity index (χ1) is 12.2. The van der Waals surface area contributed by atoms with Crippen molar-refractivity contribution in [2.75, 3.05) is 19.2 Å². The number of anilines is 1. The highest BCUT2D eigenvalue weighted by molar-refractivity contribution is 6.34. The van der Waals surface area contributed by atoms with E-state index in [1.165, 1.54) is 7.11 Å². The van der Waals surface area contributed by atoms with Gasteiger partial charge in [-0.3, -0.25) is 9.59 Å². The van der Waals surface area contributed by atoms with Crippen molar-refractivity contribution in [3.8, 4) is 0 Å². The minimum atomic E-state index is -0.451. The van der Waals surface area contributed by atoms with E-state index in [0.29, 0.717) is 22.0 Å².